The van der Waals surface area contributed by atoms with Crippen LogP contribution in [-0.2, 0) is 19.1 Å². The van der Waals surface area contributed by atoms with Gasteiger partial charge in [0.2, 0.25) is 0 Å². The van der Waals surface area contributed by atoms with E-state index in [0.717, 1.165) is 38.0 Å². The smallest absolute Gasteiger partial charge is 0.330 e. The minimum absolute atomic E-state index is 0.225. The summed E-state index contributed by atoms with van der Waals surface area (Å²) < 4.78 is 10.5. The molecule has 4 heteroatoms. The van der Waals surface area contributed by atoms with Crippen LogP contribution in [0.5, 0.6) is 0 Å². The van der Waals surface area contributed by atoms with Gasteiger partial charge >= 0.3 is 5.97 Å². The van der Waals surface area contributed by atoms with Gasteiger partial charge in [-0.2, -0.15) is 0 Å². The molecule has 1 rings (SSSR count). The lowest BCUT2D eigenvalue weighted by atomic mass is 9.88. The van der Waals surface area contributed by atoms with E-state index >= 15 is 0 Å². The van der Waals surface area contributed by atoms with Gasteiger partial charge in [0.1, 0.15) is 6.29 Å². The second-order valence-electron chi connectivity index (χ2n) is 4.27. The highest BCUT2D eigenvalue weighted by atomic mass is 16.5. The molecule has 0 heterocycles. The Morgan fingerprint density at radius 1 is 1.24 bits per heavy atom. The van der Waals surface area contributed by atoms with Crippen molar-refractivity contribution in [3.8, 4) is 0 Å². The van der Waals surface area contributed by atoms with Crippen LogP contribution in [0.4, 0.5) is 0 Å². The van der Waals surface area contributed by atoms with Crippen molar-refractivity contribution in [3.63, 3.8) is 0 Å². The first kappa shape index (κ1) is 13.9. The maximum atomic E-state index is 10.7. The number of carbonyl (C=O) groups is 2. The van der Waals surface area contributed by atoms with Crippen molar-refractivity contribution in [3.05, 3.63) is 12.7 Å². The Kier molecular flexibility index (Phi) is 6.55. The minimum atomic E-state index is -0.392. The van der Waals surface area contributed by atoms with Crippen LogP contribution in [0, 0.1) is 5.92 Å². The summed E-state index contributed by atoms with van der Waals surface area (Å²) in [5.41, 5.74) is 0. The quantitative estimate of drug-likeness (QED) is 0.295. The highest BCUT2D eigenvalue weighted by Crippen LogP contribution is 2.24. The van der Waals surface area contributed by atoms with Crippen LogP contribution in [0.25, 0.3) is 0 Å². The molecule has 0 saturated heterocycles. The molecule has 0 N–H and O–H groups in total. The molecule has 1 fully saturated rings. The third-order valence-electron chi connectivity index (χ3n) is 2.96. The third-order valence-corrected chi connectivity index (χ3v) is 2.96. The lowest BCUT2D eigenvalue weighted by molar-refractivity contribution is -0.138. The van der Waals surface area contributed by atoms with Gasteiger partial charge in [-0.1, -0.05) is 6.58 Å². The van der Waals surface area contributed by atoms with Gasteiger partial charge in [0.05, 0.1) is 19.3 Å². The lowest BCUT2D eigenvalue weighted by Crippen LogP contribution is -2.23. The third kappa shape index (κ3) is 5.63. The topological polar surface area (TPSA) is 52.6 Å². The van der Waals surface area contributed by atoms with Crippen molar-refractivity contribution in [2.24, 2.45) is 5.92 Å². The first-order valence-electron chi connectivity index (χ1n) is 6.12. The highest BCUT2D eigenvalue weighted by Gasteiger charge is 2.20. The van der Waals surface area contributed by atoms with E-state index in [1.807, 2.05) is 0 Å². The Morgan fingerprint density at radius 3 is 2.53 bits per heavy atom. The Bertz CT molecular complexity index is 254. The predicted molar refractivity (Wildman–Crippen MR) is 63.5 cm³/mol. The molecule has 1 aliphatic rings. The predicted octanol–water partition coefficient (Wildman–Crippen LogP) is 1.88. The molecule has 0 aromatic heterocycles. The van der Waals surface area contributed by atoms with Crippen molar-refractivity contribution < 1.29 is 19.1 Å². The van der Waals surface area contributed by atoms with Gasteiger partial charge < -0.3 is 14.3 Å². The van der Waals surface area contributed by atoms with Crippen LogP contribution >= 0.6 is 0 Å². The monoisotopic (exact) mass is 240 g/mol. The van der Waals surface area contributed by atoms with E-state index in [4.69, 9.17) is 9.47 Å². The summed E-state index contributed by atoms with van der Waals surface area (Å²) in [7, 11) is 0. The van der Waals surface area contributed by atoms with Crippen molar-refractivity contribution in [1.82, 2.24) is 0 Å². The molecule has 0 radical (unpaired) electrons. The van der Waals surface area contributed by atoms with Gasteiger partial charge in [0.25, 0.3) is 0 Å². The number of ether oxygens (including phenoxy) is 2. The van der Waals surface area contributed by atoms with E-state index in [-0.39, 0.29) is 12.0 Å². The molecule has 1 saturated carbocycles. The van der Waals surface area contributed by atoms with E-state index in [1.54, 1.807) is 0 Å². The summed E-state index contributed by atoms with van der Waals surface area (Å²) >= 11 is 0. The molecule has 0 atom stereocenters. The molecule has 0 amide bonds. The fraction of sp³-hybridized carbons (Fsp3) is 0.692. The molecule has 0 aliphatic heterocycles. The summed E-state index contributed by atoms with van der Waals surface area (Å²) in [5, 5.41) is 0. The molecule has 1 aliphatic carbocycles. The lowest BCUT2D eigenvalue weighted by Gasteiger charge is -2.25. The largest absolute Gasteiger partial charge is 0.462 e. The zero-order valence-corrected chi connectivity index (χ0v) is 10.1. The van der Waals surface area contributed by atoms with Crippen LogP contribution in [0.1, 0.15) is 32.1 Å². The van der Waals surface area contributed by atoms with Crippen molar-refractivity contribution >= 4 is 12.3 Å². The summed E-state index contributed by atoms with van der Waals surface area (Å²) in [4.78, 5) is 21.3. The zero-order chi connectivity index (χ0) is 12.5. The van der Waals surface area contributed by atoms with E-state index in [0.29, 0.717) is 19.6 Å². The normalized spacial score (nSPS) is 24.0. The molecule has 0 spiro atoms. The van der Waals surface area contributed by atoms with Crippen LogP contribution < -0.4 is 0 Å². The molecule has 4 nitrogen and oxygen atoms in total. The fourth-order valence-corrected chi connectivity index (χ4v) is 1.93. The molecular formula is C13H20O4. The second-order valence-corrected chi connectivity index (χ2v) is 4.27. The maximum Gasteiger partial charge on any atom is 0.330 e. The maximum absolute atomic E-state index is 10.7. The molecule has 0 aromatic rings. The van der Waals surface area contributed by atoms with Crippen molar-refractivity contribution in [2.45, 2.75) is 38.2 Å². The van der Waals surface area contributed by atoms with Gasteiger partial charge in [-0.25, -0.2) is 4.79 Å². The van der Waals surface area contributed by atoms with E-state index in [2.05, 4.69) is 6.58 Å². The first-order valence-corrected chi connectivity index (χ1v) is 6.12. The number of aldehydes is 1. The van der Waals surface area contributed by atoms with Crippen LogP contribution in [-0.4, -0.2) is 31.6 Å². The van der Waals surface area contributed by atoms with E-state index in [9.17, 15) is 9.59 Å². The number of esters is 1. The molecule has 0 bridgehead atoms. The molecule has 17 heavy (non-hydrogen) atoms. The van der Waals surface area contributed by atoms with Gasteiger partial charge in [0.15, 0.2) is 0 Å². The second kappa shape index (κ2) is 8.01. The summed E-state index contributed by atoms with van der Waals surface area (Å²) in [6.45, 7) is 4.28. The first-order chi connectivity index (χ1) is 8.26. The van der Waals surface area contributed by atoms with Gasteiger partial charge in [0, 0.05) is 18.4 Å². The van der Waals surface area contributed by atoms with Crippen LogP contribution in [0.2, 0.25) is 0 Å². The van der Waals surface area contributed by atoms with E-state index in [1.165, 1.54) is 0 Å². The van der Waals surface area contributed by atoms with E-state index < -0.39 is 5.97 Å². The summed E-state index contributed by atoms with van der Waals surface area (Å²) in [6, 6.07) is 0. The average molecular weight is 240 g/mol. The number of hydrogen-bond donors (Lipinski definition) is 0. The summed E-state index contributed by atoms with van der Waals surface area (Å²) in [6.07, 6.45) is 6.94. The Hall–Kier alpha value is -1.16. The number of hydrogen-bond acceptors (Lipinski definition) is 4. The molecule has 0 aromatic carbocycles. The Morgan fingerprint density at radius 2 is 1.94 bits per heavy atom. The molecule has 96 valence electrons. The molecule has 0 unspecified atom stereocenters. The highest BCUT2D eigenvalue weighted by molar-refractivity contribution is 5.81. The van der Waals surface area contributed by atoms with Gasteiger partial charge in [-0.3, -0.25) is 0 Å². The minimum Gasteiger partial charge on any atom is -0.462 e. The van der Waals surface area contributed by atoms with Crippen LogP contribution in [0.15, 0.2) is 12.7 Å². The standard InChI is InChI=1S/C13H20O4/c1-2-13(15)17-9-3-8-16-12-6-4-11(10-14)5-7-12/h2,10-12H,1,3-9H2. The number of rotatable bonds is 7. The Balaban J connectivity index is 1.98. The Labute approximate surface area is 102 Å². The molecular weight excluding hydrogens is 220 g/mol. The zero-order valence-electron chi connectivity index (χ0n) is 10.1. The summed E-state index contributed by atoms with van der Waals surface area (Å²) in [5.74, 6) is -0.167. The van der Waals surface area contributed by atoms with Gasteiger partial charge in [-0.15, -0.1) is 0 Å². The van der Waals surface area contributed by atoms with Crippen molar-refractivity contribution in [1.29, 1.82) is 0 Å². The van der Waals surface area contributed by atoms with Gasteiger partial charge in [-0.05, 0) is 25.7 Å². The SMILES string of the molecule is C=CC(=O)OCCCOC1CCC(C=O)CC1. The fourth-order valence-electron chi connectivity index (χ4n) is 1.93. The van der Waals surface area contributed by atoms with Crippen LogP contribution in [0.3, 0.4) is 0 Å². The van der Waals surface area contributed by atoms with Crippen molar-refractivity contribution in [2.75, 3.05) is 13.2 Å². The number of carbonyl (C=O) groups excluding carboxylic acids is 2. The average Bonchev–Trinajstić information content (AvgIpc) is 2.38.